The van der Waals surface area contributed by atoms with Gasteiger partial charge in [0.15, 0.2) is 5.11 Å². The molecule has 0 aliphatic heterocycles. The number of benzene rings is 2. The number of aryl methyl sites for hydroxylation is 3. The van der Waals surface area contributed by atoms with E-state index in [1.54, 1.807) is 0 Å². The monoisotopic (exact) mass is 572 g/mol. The summed E-state index contributed by atoms with van der Waals surface area (Å²) in [6.45, 7) is 9.27. The van der Waals surface area contributed by atoms with Gasteiger partial charge in [-0.25, -0.2) is 0 Å². The van der Waals surface area contributed by atoms with E-state index < -0.39 is 5.97 Å². The summed E-state index contributed by atoms with van der Waals surface area (Å²) in [5, 5.41) is 17.8. The van der Waals surface area contributed by atoms with Gasteiger partial charge in [0.2, 0.25) is 11.8 Å². The molecule has 8 nitrogen and oxygen atoms in total. The molecule has 2 aromatic rings. The van der Waals surface area contributed by atoms with E-state index in [0.29, 0.717) is 31.0 Å². The van der Waals surface area contributed by atoms with Crippen molar-refractivity contribution in [2.45, 2.75) is 85.5 Å². The molecule has 0 atom stereocenters. The molecular weight excluding hydrogens is 524 g/mol. The van der Waals surface area contributed by atoms with Gasteiger partial charge in [-0.05, 0) is 74.5 Å². The molecule has 2 amide bonds. The molecule has 9 heteroatoms. The fourth-order valence-electron chi connectivity index (χ4n) is 3.40. The molecule has 0 saturated heterocycles. The summed E-state index contributed by atoms with van der Waals surface area (Å²) in [4.78, 5) is 32.5. The lowest BCUT2D eigenvalue weighted by atomic mass is 10.1. The molecule has 0 heterocycles. The first kappa shape index (κ1) is 36.5. The predicted octanol–water partition coefficient (Wildman–Crippen LogP) is 5.52. The Balaban J connectivity index is 0.000000730. The highest BCUT2D eigenvalue weighted by atomic mass is 32.1. The summed E-state index contributed by atoms with van der Waals surface area (Å²) >= 11 is 5.07. The van der Waals surface area contributed by atoms with E-state index >= 15 is 0 Å². The number of hydrogen-bond acceptors (Lipinski definition) is 4. The molecule has 0 aliphatic rings. The van der Waals surface area contributed by atoms with Gasteiger partial charge in [0, 0.05) is 38.0 Å². The number of carboxylic acids is 1. The maximum Gasteiger partial charge on any atom is 0.303 e. The number of unbranched alkanes of at least 4 members (excludes halogenated alkanes) is 2. The van der Waals surface area contributed by atoms with Crippen LogP contribution in [0.3, 0.4) is 0 Å². The van der Waals surface area contributed by atoms with Crippen molar-refractivity contribution in [1.82, 2.24) is 10.6 Å². The third-order valence-corrected chi connectivity index (χ3v) is 5.90. The van der Waals surface area contributed by atoms with Crippen LogP contribution in [0, 0.1) is 6.92 Å². The maximum absolute atomic E-state index is 11.6. The van der Waals surface area contributed by atoms with Gasteiger partial charge < -0.3 is 26.8 Å². The second-order valence-corrected chi connectivity index (χ2v) is 9.45. The Labute approximate surface area is 245 Å². The molecule has 2 aromatic carbocycles. The molecule has 0 aromatic heterocycles. The lowest BCUT2D eigenvalue weighted by molar-refractivity contribution is -0.137. The zero-order valence-electron chi connectivity index (χ0n) is 24.6. The number of aliphatic carboxylic acids is 1. The van der Waals surface area contributed by atoms with E-state index in [4.69, 9.17) is 23.1 Å². The van der Waals surface area contributed by atoms with E-state index in [1.807, 2.05) is 38.1 Å². The molecule has 222 valence electrons. The number of carboxylic acid groups (broad SMARTS) is 1. The fourth-order valence-corrected chi connectivity index (χ4v) is 3.62. The van der Waals surface area contributed by atoms with Gasteiger partial charge in [-0.2, -0.15) is 0 Å². The Morgan fingerprint density at radius 1 is 0.800 bits per heavy atom. The highest BCUT2D eigenvalue weighted by Crippen LogP contribution is 2.10. The summed E-state index contributed by atoms with van der Waals surface area (Å²) in [5.41, 5.74) is 9.75. The quantitative estimate of drug-likeness (QED) is 0.140. The van der Waals surface area contributed by atoms with Gasteiger partial charge in [0.25, 0.3) is 0 Å². The third-order valence-electron chi connectivity index (χ3n) is 5.66. The van der Waals surface area contributed by atoms with Crippen molar-refractivity contribution in [1.29, 1.82) is 0 Å². The van der Waals surface area contributed by atoms with Crippen LogP contribution in [0.4, 0.5) is 5.69 Å². The lowest BCUT2D eigenvalue weighted by Crippen LogP contribution is -2.31. The van der Waals surface area contributed by atoms with E-state index in [2.05, 4.69) is 54.1 Å². The van der Waals surface area contributed by atoms with Crippen LogP contribution in [0.15, 0.2) is 48.5 Å². The van der Waals surface area contributed by atoms with Gasteiger partial charge >= 0.3 is 5.97 Å². The number of carbonyl (C=O) groups is 3. The van der Waals surface area contributed by atoms with Crippen LogP contribution in [0.1, 0.15) is 82.4 Å². The molecular formula is C31H48N4O4S. The molecule has 0 spiro atoms. The van der Waals surface area contributed by atoms with Crippen molar-refractivity contribution in [3.63, 3.8) is 0 Å². The van der Waals surface area contributed by atoms with E-state index in [0.717, 1.165) is 37.8 Å². The first-order valence-corrected chi connectivity index (χ1v) is 14.6. The van der Waals surface area contributed by atoms with Crippen LogP contribution in [-0.2, 0) is 27.2 Å². The molecule has 0 aliphatic carbocycles. The minimum Gasteiger partial charge on any atom is -0.481 e. The van der Waals surface area contributed by atoms with Gasteiger partial charge in [-0.15, -0.1) is 0 Å². The van der Waals surface area contributed by atoms with Crippen LogP contribution in [-0.4, -0.2) is 41.1 Å². The summed E-state index contributed by atoms with van der Waals surface area (Å²) in [7, 11) is 0. The molecule has 2 rings (SSSR count). The second kappa shape index (κ2) is 23.4. The van der Waals surface area contributed by atoms with Crippen LogP contribution in [0.25, 0.3) is 0 Å². The molecule has 0 saturated carbocycles. The average molecular weight is 573 g/mol. The number of amides is 2. The Hall–Kier alpha value is -3.46. The number of carbonyl (C=O) groups excluding carboxylic acids is 2. The molecule has 0 unspecified atom stereocenters. The van der Waals surface area contributed by atoms with Gasteiger partial charge in [-0.1, -0.05) is 69.2 Å². The number of hydrogen-bond donors (Lipinski definition) is 5. The Morgan fingerprint density at radius 2 is 1.43 bits per heavy atom. The molecule has 40 heavy (non-hydrogen) atoms. The molecule has 0 fully saturated rings. The van der Waals surface area contributed by atoms with E-state index in [-0.39, 0.29) is 24.7 Å². The first-order valence-electron chi connectivity index (χ1n) is 14.2. The number of nitrogens with one attached hydrogen (secondary N) is 3. The highest BCUT2D eigenvalue weighted by molar-refractivity contribution is 7.80. The van der Waals surface area contributed by atoms with Crippen molar-refractivity contribution < 1.29 is 19.5 Å². The number of thiocarbonyl (C=S) groups is 1. The molecule has 0 bridgehead atoms. The summed E-state index contributed by atoms with van der Waals surface area (Å²) in [6, 6.07) is 16.4. The molecule has 0 radical (unpaired) electrons. The first-order chi connectivity index (χ1) is 19.2. The third kappa shape index (κ3) is 20.5. The number of nitrogens with two attached hydrogens (primary N) is 1. The fraction of sp³-hybridized carbons (Fsp3) is 0.484. The lowest BCUT2D eigenvalue weighted by Gasteiger charge is -2.10. The Kier molecular flexibility index (Phi) is 21.4. The topological polar surface area (TPSA) is 134 Å². The van der Waals surface area contributed by atoms with Crippen molar-refractivity contribution in [3.8, 4) is 0 Å². The van der Waals surface area contributed by atoms with E-state index in [1.165, 1.54) is 16.7 Å². The standard InChI is InChI=1S/C17H25NO3.C12H17N3OS.C2H6/c1-14-9-11-15(12-10-14)6-5-7-16(19)18-13-4-2-3-8-17(20)21;1-2-9-3-5-10(6-4-9)15-12(17)14-8-7-11(13)16;1-2/h9-12H,2-8,13H2,1H3,(H,18,19)(H,20,21);3-6H,2,7-8H2,1H3,(H2,13,16)(H2,14,15,17);1-2H3. The minimum atomic E-state index is -0.754. The number of rotatable bonds is 15. The predicted molar refractivity (Wildman–Crippen MR) is 168 cm³/mol. The minimum absolute atomic E-state index is 0.0837. The number of anilines is 1. The van der Waals surface area contributed by atoms with Crippen LogP contribution < -0.4 is 21.7 Å². The van der Waals surface area contributed by atoms with Gasteiger partial charge in [0.05, 0.1) is 0 Å². The van der Waals surface area contributed by atoms with Crippen molar-refractivity contribution in [2.75, 3.05) is 18.4 Å². The largest absolute Gasteiger partial charge is 0.481 e. The SMILES string of the molecule is CC.CCc1ccc(NC(=S)NCCC(N)=O)cc1.Cc1ccc(CCCC(=O)NCCCCCC(=O)O)cc1. The normalized spacial score (nSPS) is 9.70. The summed E-state index contributed by atoms with van der Waals surface area (Å²) in [5.74, 6) is -1.01. The van der Waals surface area contributed by atoms with Gasteiger partial charge in [0.1, 0.15) is 0 Å². The van der Waals surface area contributed by atoms with Crippen LogP contribution >= 0.6 is 12.2 Å². The maximum atomic E-state index is 11.6. The smallest absolute Gasteiger partial charge is 0.303 e. The molecule has 6 N–H and O–H groups in total. The highest BCUT2D eigenvalue weighted by Gasteiger charge is 2.02. The van der Waals surface area contributed by atoms with E-state index in [9.17, 15) is 14.4 Å². The average Bonchev–Trinajstić information content (AvgIpc) is 2.93. The van der Waals surface area contributed by atoms with Crippen LogP contribution in [0.2, 0.25) is 0 Å². The summed E-state index contributed by atoms with van der Waals surface area (Å²) in [6.07, 6.45) is 6.19. The van der Waals surface area contributed by atoms with Crippen molar-refractivity contribution >= 4 is 40.8 Å². The van der Waals surface area contributed by atoms with Crippen molar-refractivity contribution in [3.05, 3.63) is 65.2 Å². The number of primary amides is 1. The zero-order chi connectivity index (χ0) is 30.2. The summed E-state index contributed by atoms with van der Waals surface area (Å²) < 4.78 is 0. The second-order valence-electron chi connectivity index (χ2n) is 9.04. The van der Waals surface area contributed by atoms with Crippen molar-refractivity contribution in [2.24, 2.45) is 5.73 Å². The Bertz CT molecular complexity index is 995. The zero-order valence-corrected chi connectivity index (χ0v) is 25.4. The van der Waals surface area contributed by atoms with Crippen LogP contribution in [0.5, 0.6) is 0 Å². The Morgan fingerprint density at radius 3 is 2.00 bits per heavy atom. The van der Waals surface area contributed by atoms with Gasteiger partial charge in [-0.3, -0.25) is 14.4 Å².